The number of alkyl halides is 1. The Labute approximate surface area is 116 Å². The van der Waals surface area contributed by atoms with Crippen LogP contribution in [0, 0.1) is 0 Å². The fourth-order valence-corrected chi connectivity index (χ4v) is 2.02. The number of quaternary nitrogens is 1. The predicted octanol–water partition coefficient (Wildman–Crippen LogP) is 1.68. The molecule has 1 aromatic carbocycles. The van der Waals surface area contributed by atoms with E-state index < -0.39 is 0 Å². The Morgan fingerprint density at radius 2 is 2.06 bits per heavy atom. The number of esters is 1. The molecule has 0 aliphatic rings. The summed E-state index contributed by atoms with van der Waals surface area (Å²) >= 11 is 2.12. The second kappa shape index (κ2) is 8.47. The zero-order chi connectivity index (χ0) is 12.5. The van der Waals surface area contributed by atoms with Gasteiger partial charge in [-0.2, -0.15) is 0 Å². The van der Waals surface area contributed by atoms with Crippen molar-refractivity contribution in [2.75, 3.05) is 19.7 Å². The minimum atomic E-state index is -0.208. The Hall–Kier alpha value is -0.620. The van der Waals surface area contributed by atoms with E-state index in [0.29, 0.717) is 6.61 Å². The number of carbonyl (C=O) groups is 1. The van der Waals surface area contributed by atoms with Crippen molar-refractivity contribution in [2.24, 2.45) is 0 Å². The van der Waals surface area contributed by atoms with Gasteiger partial charge in [-0.15, -0.1) is 0 Å². The molecule has 0 spiro atoms. The van der Waals surface area contributed by atoms with Gasteiger partial charge in [0.05, 0.1) is 6.54 Å². The third kappa shape index (κ3) is 5.50. The Bertz CT molecular complexity index is 329. The van der Waals surface area contributed by atoms with Gasteiger partial charge in [0.25, 0.3) is 0 Å². The van der Waals surface area contributed by atoms with Crippen LogP contribution in [0.15, 0.2) is 30.3 Å². The van der Waals surface area contributed by atoms with E-state index in [1.165, 1.54) is 0 Å². The second-order valence-electron chi connectivity index (χ2n) is 3.81. The normalized spacial score (nSPS) is 12.1. The number of rotatable bonds is 7. The Balaban J connectivity index is 2.28. The van der Waals surface area contributed by atoms with E-state index >= 15 is 0 Å². The SMILES string of the molecule is CCC[NH2+]CCOC(=O)C(I)c1ccccc1. The van der Waals surface area contributed by atoms with Crippen LogP contribution in [0.25, 0.3) is 0 Å². The number of hydrogen-bond acceptors (Lipinski definition) is 2. The third-order valence-electron chi connectivity index (χ3n) is 2.36. The van der Waals surface area contributed by atoms with Gasteiger partial charge in [-0.3, -0.25) is 4.79 Å². The lowest BCUT2D eigenvalue weighted by Gasteiger charge is -2.09. The van der Waals surface area contributed by atoms with Gasteiger partial charge in [-0.25, -0.2) is 0 Å². The lowest BCUT2D eigenvalue weighted by atomic mass is 10.2. The molecule has 1 aromatic rings. The second-order valence-corrected chi connectivity index (χ2v) is 5.05. The van der Waals surface area contributed by atoms with E-state index in [-0.39, 0.29) is 9.89 Å². The van der Waals surface area contributed by atoms with Gasteiger partial charge in [0.1, 0.15) is 17.1 Å². The van der Waals surface area contributed by atoms with Crippen molar-refractivity contribution < 1.29 is 14.8 Å². The standard InChI is InChI=1S/C13H18INO2/c1-2-8-15-9-10-17-13(16)12(14)11-6-4-3-5-7-11/h3-7,12,15H,2,8-10H2,1H3/p+1. The third-order valence-corrected chi connectivity index (χ3v) is 3.59. The molecular weight excluding hydrogens is 329 g/mol. The fraction of sp³-hybridized carbons (Fsp3) is 0.462. The molecule has 2 N–H and O–H groups in total. The van der Waals surface area contributed by atoms with Crippen LogP contribution in [0.3, 0.4) is 0 Å². The number of carbonyl (C=O) groups excluding carboxylic acids is 1. The fourth-order valence-electron chi connectivity index (χ4n) is 1.42. The molecule has 0 aliphatic carbocycles. The van der Waals surface area contributed by atoms with Crippen LogP contribution in [-0.2, 0) is 9.53 Å². The Kier molecular flexibility index (Phi) is 7.19. The van der Waals surface area contributed by atoms with Crippen LogP contribution in [0.5, 0.6) is 0 Å². The van der Waals surface area contributed by atoms with Crippen LogP contribution in [0.1, 0.15) is 22.8 Å². The van der Waals surface area contributed by atoms with Gasteiger partial charge in [-0.1, -0.05) is 59.8 Å². The topological polar surface area (TPSA) is 42.9 Å². The molecule has 0 heterocycles. The van der Waals surface area contributed by atoms with Crippen molar-refractivity contribution in [1.29, 1.82) is 0 Å². The number of halogens is 1. The number of ether oxygens (including phenoxy) is 1. The molecule has 0 bridgehead atoms. The minimum Gasteiger partial charge on any atom is -0.459 e. The summed E-state index contributed by atoms with van der Waals surface area (Å²) in [6.45, 7) is 4.56. The maximum absolute atomic E-state index is 11.7. The number of benzene rings is 1. The zero-order valence-corrected chi connectivity index (χ0v) is 12.2. The maximum Gasteiger partial charge on any atom is 0.323 e. The van der Waals surface area contributed by atoms with Gasteiger partial charge in [-0.05, 0) is 12.0 Å². The summed E-state index contributed by atoms with van der Waals surface area (Å²) in [5.41, 5.74) is 0.996. The summed E-state index contributed by atoms with van der Waals surface area (Å²) in [5.74, 6) is -0.151. The zero-order valence-electron chi connectivity index (χ0n) is 10.1. The van der Waals surface area contributed by atoms with E-state index in [9.17, 15) is 4.79 Å². The molecular formula is C13H19INO2+. The molecule has 0 radical (unpaired) electrons. The highest BCUT2D eigenvalue weighted by atomic mass is 127. The van der Waals surface area contributed by atoms with E-state index in [4.69, 9.17) is 4.74 Å². The van der Waals surface area contributed by atoms with Crippen molar-refractivity contribution >= 4 is 28.6 Å². The van der Waals surface area contributed by atoms with Gasteiger partial charge < -0.3 is 10.1 Å². The van der Waals surface area contributed by atoms with Crippen LogP contribution in [0.4, 0.5) is 0 Å². The molecule has 0 aromatic heterocycles. The van der Waals surface area contributed by atoms with Crippen LogP contribution in [-0.4, -0.2) is 25.7 Å². The molecule has 0 amide bonds. The highest BCUT2D eigenvalue weighted by Gasteiger charge is 2.17. The Morgan fingerprint density at radius 1 is 1.35 bits per heavy atom. The summed E-state index contributed by atoms with van der Waals surface area (Å²) in [5, 5.41) is 2.16. The van der Waals surface area contributed by atoms with Crippen molar-refractivity contribution in [2.45, 2.75) is 17.3 Å². The molecule has 4 heteroatoms. The van der Waals surface area contributed by atoms with E-state index in [0.717, 1.165) is 25.1 Å². The predicted molar refractivity (Wildman–Crippen MR) is 76.1 cm³/mol. The summed E-state index contributed by atoms with van der Waals surface area (Å²) < 4.78 is 5.02. The van der Waals surface area contributed by atoms with E-state index in [2.05, 4.69) is 34.8 Å². The molecule has 0 aliphatic heterocycles. The summed E-state index contributed by atoms with van der Waals surface area (Å²) in [6, 6.07) is 9.70. The molecule has 1 unspecified atom stereocenters. The minimum absolute atomic E-state index is 0.151. The average Bonchev–Trinajstić information content (AvgIpc) is 2.38. The van der Waals surface area contributed by atoms with Crippen LogP contribution in [0.2, 0.25) is 0 Å². The van der Waals surface area contributed by atoms with Crippen molar-refractivity contribution in [1.82, 2.24) is 0 Å². The molecule has 1 atom stereocenters. The van der Waals surface area contributed by atoms with Crippen molar-refractivity contribution in [3.63, 3.8) is 0 Å². The smallest absolute Gasteiger partial charge is 0.323 e. The maximum atomic E-state index is 11.7. The quantitative estimate of drug-likeness (QED) is 0.353. The Morgan fingerprint density at radius 3 is 2.71 bits per heavy atom. The summed E-state index contributed by atoms with van der Waals surface area (Å²) in [7, 11) is 0. The van der Waals surface area contributed by atoms with Crippen LogP contribution < -0.4 is 5.32 Å². The van der Waals surface area contributed by atoms with Crippen LogP contribution >= 0.6 is 22.6 Å². The average molecular weight is 348 g/mol. The first-order chi connectivity index (χ1) is 8.25. The van der Waals surface area contributed by atoms with Gasteiger partial charge in [0.15, 0.2) is 0 Å². The first kappa shape index (κ1) is 14.4. The number of nitrogens with two attached hydrogens (primary N) is 1. The monoisotopic (exact) mass is 348 g/mol. The van der Waals surface area contributed by atoms with Gasteiger partial charge in [0, 0.05) is 0 Å². The largest absolute Gasteiger partial charge is 0.459 e. The van der Waals surface area contributed by atoms with E-state index in [1.807, 2.05) is 30.3 Å². The van der Waals surface area contributed by atoms with Gasteiger partial charge in [0.2, 0.25) is 0 Å². The molecule has 3 nitrogen and oxygen atoms in total. The molecule has 0 saturated heterocycles. The highest BCUT2D eigenvalue weighted by molar-refractivity contribution is 14.1. The molecule has 17 heavy (non-hydrogen) atoms. The van der Waals surface area contributed by atoms with Crippen molar-refractivity contribution in [3.8, 4) is 0 Å². The first-order valence-corrected chi connectivity index (χ1v) is 7.17. The molecule has 1 rings (SSSR count). The van der Waals surface area contributed by atoms with Crippen molar-refractivity contribution in [3.05, 3.63) is 35.9 Å². The highest BCUT2D eigenvalue weighted by Crippen LogP contribution is 2.24. The number of hydrogen-bond donors (Lipinski definition) is 1. The summed E-state index contributed by atoms with van der Waals surface area (Å²) in [4.78, 5) is 11.7. The molecule has 94 valence electrons. The first-order valence-electron chi connectivity index (χ1n) is 5.93. The van der Waals surface area contributed by atoms with E-state index in [1.54, 1.807) is 0 Å². The lowest BCUT2D eigenvalue weighted by Crippen LogP contribution is -2.85. The molecule has 0 fully saturated rings. The lowest BCUT2D eigenvalue weighted by molar-refractivity contribution is -0.655. The van der Waals surface area contributed by atoms with Gasteiger partial charge >= 0.3 is 5.97 Å². The molecule has 0 saturated carbocycles. The summed E-state index contributed by atoms with van der Waals surface area (Å²) in [6.07, 6.45) is 1.15.